The average molecular weight is 510 g/mol. The molecule has 7 heteroatoms. The highest BCUT2D eigenvalue weighted by Gasteiger charge is 2.27. The first kappa shape index (κ1) is 24.5. The molecule has 0 atom stereocenters. The van der Waals surface area contributed by atoms with Gasteiger partial charge in [0.1, 0.15) is 11.4 Å². The van der Waals surface area contributed by atoms with Crippen molar-refractivity contribution in [2.75, 3.05) is 44.7 Å². The minimum Gasteiger partial charge on any atom is -0.497 e. The summed E-state index contributed by atoms with van der Waals surface area (Å²) < 4.78 is 7.85. The molecule has 0 spiro atoms. The number of hydrogen-bond acceptors (Lipinski definition) is 5. The number of nitrogens with zero attached hydrogens (tertiary/aromatic N) is 4. The number of carbonyl (C=O) groups is 1. The van der Waals surface area contributed by atoms with E-state index in [1.165, 1.54) is 27.9 Å². The molecule has 2 aliphatic rings. The van der Waals surface area contributed by atoms with E-state index < -0.39 is 0 Å². The molecule has 2 aliphatic heterocycles. The number of hydrogen-bond donors (Lipinski definition) is 1. The van der Waals surface area contributed by atoms with E-state index in [1.807, 2.05) is 23.1 Å². The Morgan fingerprint density at radius 3 is 2.58 bits per heavy atom. The average Bonchev–Trinajstić information content (AvgIpc) is 3.21. The molecule has 2 aromatic carbocycles. The third-order valence-electron chi connectivity index (χ3n) is 8.12. The van der Waals surface area contributed by atoms with Gasteiger partial charge in [0, 0.05) is 56.9 Å². The summed E-state index contributed by atoms with van der Waals surface area (Å²) in [6.07, 6.45) is 0.962. The number of fused-ring (bicyclic) bond motifs is 2. The van der Waals surface area contributed by atoms with Crippen molar-refractivity contribution in [1.29, 1.82) is 0 Å². The van der Waals surface area contributed by atoms with Crippen LogP contribution in [0.2, 0.25) is 0 Å². The number of anilines is 1. The van der Waals surface area contributed by atoms with Crippen molar-refractivity contribution in [2.45, 2.75) is 33.4 Å². The van der Waals surface area contributed by atoms with Gasteiger partial charge in [-0.1, -0.05) is 36.4 Å². The van der Waals surface area contributed by atoms with Gasteiger partial charge in [0.2, 0.25) is 0 Å². The highest BCUT2D eigenvalue weighted by molar-refractivity contribution is 6.01. The third-order valence-corrected chi connectivity index (χ3v) is 8.12. The van der Waals surface area contributed by atoms with Crippen LogP contribution in [0.1, 0.15) is 38.4 Å². The van der Waals surface area contributed by atoms with Crippen molar-refractivity contribution in [3.8, 4) is 5.75 Å². The van der Waals surface area contributed by atoms with Crippen molar-refractivity contribution in [3.05, 3.63) is 88.2 Å². The van der Waals surface area contributed by atoms with Crippen LogP contribution in [0.4, 0.5) is 5.82 Å². The molecule has 1 amide bonds. The van der Waals surface area contributed by atoms with Gasteiger partial charge in [0.05, 0.1) is 12.6 Å². The maximum atomic E-state index is 13.6. The fourth-order valence-corrected chi connectivity index (χ4v) is 5.83. The zero-order chi connectivity index (χ0) is 26.2. The number of aryl methyl sites for hydroxylation is 1. The second-order valence-electron chi connectivity index (χ2n) is 10.4. The molecule has 38 heavy (non-hydrogen) atoms. The number of methoxy groups -OCH3 is 1. The van der Waals surface area contributed by atoms with Crippen LogP contribution in [0.3, 0.4) is 0 Å². The summed E-state index contributed by atoms with van der Waals surface area (Å²) in [6, 6.07) is 18.9. The number of carbonyl (C=O) groups excluding carboxylic acids is 1. The summed E-state index contributed by atoms with van der Waals surface area (Å²) in [5, 5.41) is 4.44. The minimum atomic E-state index is 0.0182. The lowest BCUT2D eigenvalue weighted by Crippen LogP contribution is -2.46. The molecule has 7 nitrogen and oxygen atoms in total. The van der Waals surface area contributed by atoms with E-state index in [4.69, 9.17) is 9.72 Å². The van der Waals surface area contributed by atoms with Crippen LogP contribution >= 0.6 is 0 Å². The fraction of sp³-hybridized carbons (Fsp3) is 0.355. The number of benzene rings is 2. The smallest absolute Gasteiger partial charge is 0.272 e. The maximum Gasteiger partial charge on any atom is 0.272 e. The Hall–Kier alpha value is -3.84. The van der Waals surface area contributed by atoms with Crippen LogP contribution in [0.5, 0.6) is 5.75 Å². The lowest BCUT2D eigenvalue weighted by Gasteiger charge is -2.32. The maximum absolute atomic E-state index is 13.6. The van der Waals surface area contributed by atoms with Crippen molar-refractivity contribution < 1.29 is 9.53 Å². The highest BCUT2D eigenvalue weighted by Crippen LogP contribution is 2.36. The van der Waals surface area contributed by atoms with Gasteiger partial charge in [0.25, 0.3) is 5.91 Å². The van der Waals surface area contributed by atoms with E-state index in [2.05, 4.69) is 65.0 Å². The Morgan fingerprint density at radius 1 is 1.00 bits per heavy atom. The van der Waals surface area contributed by atoms with Crippen molar-refractivity contribution >= 4 is 22.6 Å². The molecule has 0 bridgehead atoms. The zero-order valence-electron chi connectivity index (χ0n) is 22.5. The van der Waals surface area contributed by atoms with Crippen LogP contribution < -0.4 is 15.0 Å². The standard InChI is InChI=1S/C31H35N5O2/c1-21-22(2)36(19-23-7-6-10-26(17-23)38-3)29-27(21)18-28(31(37)34-15-12-32-13-16-34)33-30(29)35-14-11-24-8-4-5-9-25(24)20-35/h4-10,17-18,32H,11-16,19-20H2,1-3H3. The summed E-state index contributed by atoms with van der Waals surface area (Å²) in [5.74, 6) is 1.77. The van der Waals surface area contributed by atoms with E-state index in [1.54, 1.807) is 7.11 Å². The zero-order valence-corrected chi connectivity index (χ0v) is 22.5. The molecule has 1 N–H and O–H groups in total. The van der Waals surface area contributed by atoms with Gasteiger partial charge in [-0.2, -0.15) is 0 Å². The molecule has 6 rings (SSSR count). The molecule has 196 valence electrons. The van der Waals surface area contributed by atoms with Gasteiger partial charge in [-0.25, -0.2) is 4.98 Å². The van der Waals surface area contributed by atoms with Gasteiger partial charge in [-0.05, 0) is 60.7 Å². The molecule has 2 aromatic heterocycles. The first-order valence-corrected chi connectivity index (χ1v) is 13.5. The van der Waals surface area contributed by atoms with Crippen LogP contribution in [0.15, 0.2) is 54.6 Å². The molecular formula is C31H35N5O2. The molecule has 0 aliphatic carbocycles. The Morgan fingerprint density at radius 2 is 1.79 bits per heavy atom. The Kier molecular flexibility index (Phi) is 6.54. The predicted molar refractivity (Wildman–Crippen MR) is 151 cm³/mol. The fourth-order valence-electron chi connectivity index (χ4n) is 5.83. The number of nitrogens with one attached hydrogen (secondary N) is 1. The SMILES string of the molecule is COc1cccc(Cn2c(C)c(C)c3cc(C(=O)N4CCNCC4)nc(N4CCc5ccccc5C4)c32)c1. The van der Waals surface area contributed by atoms with Gasteiger partial charge < -0.3 is 24.4 Å². The van der Waals surface area contributed by atoms with Crippen LogP contribution in [-0.2, 0) is 19.5 Å². The van der Waals surface area contributed by atoms with E-state index >= 15 is 0 Å². The number of amides is 1. The largest absolute Gasteiger partial charge is 0.497 e. The number of ether oxygens (including phenoxy) is 1. The van der Waals surface area contributed by atoms with Crippen LogP contribution in [0, 0.1) is 13.8 Å². The lowest BCUT2D eigenvalue weighted by molar-refractivity contribution is 0.0730. The van der Waals surface area contributed by atoms with Gasteiger partial charge in [-0.3, -0.25) is 4.79 Å². The Balaban J connectivity index is 1.50. The Labute approximate surface area is 224 Å². The van der Waals surface area contributed by atoms with Crippen LogP contribution in [-0.4, -0.2) is 60.2 Å². The normalized spacial score (nSPS) is 15.6. The van der Waals surface area contributed by atoms with E-state index in [0.717, 1.165) is 55.1 Å². The van der Waals surface area contributed by atoms with E-state index in [9.17, 15) is 4.79 Å². The molecule has 4 heterocycles. The van der Waals surface area contributed by atoms with Gasteiger partial charge in [0.15, 0.2) is 5.82 Å². The minimum absolute atomic E-state index is 0.0182. The first-order chi connectivity index (χ1) is 18.5. The number of piperazine rings is 1. The lowest BCUT2D eigenvalue weighted by atomic mass is 10.00. The highest BCUT2D eigenvalue weighted by atomic mass is 16.5. The molecule has 0 saturated carbocycles. The van der Waals surface area contributed by atoms with E-state index in [-0.39, 0.29) is 5.91 Å². The predicted octanol–water partition coefficient (Wildman–Crippen LogP) is 4.32. The molecular weight excluding hydrogens is 474 g/mol. The van der Waals surface area contributed by atoms with Gasteiger partial charge >= 0.3 is 0 Å². The van der Waals surface area contributed by atoms with E-state index in [0.29, 0.717) is 25.3 Å². The van der Waals surface area contributed by atoms with Crippen molar-refractivity contribution in [3.63, 3.8) is 0 Å². The second kappa shape index (κ2) is 10.1. The summed E-state index contributed by atoms with van der Waals surface area (Å²) in [7, 11) is 1.70. The monoisotopic (exact) mass is 509 g/mol. The summed E-state index contributed by atoms with van der Waals surface area (Å²) in [4.78, 5) is 23.1. The summed E-state index contributed by atoms with van der Waals surface area (Å²) in [6.45, 7) is 9.74. The summed E-state index contributed by atoms with van der Waals surface area (Å²) >= 11 is 0. The number of aromatic nitrogens is 2. The number of rotatable bonds is 5. The second-order valence-corrected chi connectivity index (χ2v) is 10.4. The number of pyridine rings is 1. The topological polar surface area (TPSA) is 62.6 Å². The molecule has 1 fully saturated rings. The molecule has 0 unspecified atom stereocenters. The molecule has 0 radical (unpaired) electrons. The summed E-state index contributed by atoms with van der Waals surface area (Å²) in [5.41, 5.74) is 7.90. The quantitative estimate of drug-likeness (QED) is 0.434. The third kappa shape index (κ3) is 4.41. The first-order valence-electron chi connectivity index (χ1n) is 13.5. The van der Waals surface area contributed by atoms with Crippen LogP contribution in [0.25, 0.3) is 10.9 Å². The molecule has 1 saturated heterocycles. The molecule has 4 aromatic rings. The van der Waals surface area contributed by atoms with Crippen molar-refractivity contribution in [1.82, 2.24) is 19.8 Å². The van der Waals surface area contributed by atoms with Gasteiger partial charge in [-0.15, -0.1) is 0 Å². The Bertz CT molecular complexity index is 1500. The van der Waals surface area contributed by atoms with Crippen molar-refractivity contribution in [2.24, 2.45) is 0 Å².